The average molecular weight is 598 g/mol. The number of carbonyl (C=O) groups excluding carboxylic acids is 2. The largest absolute Gasteiger partial charge is 0.361 e. The van der Waals surface area contributed by atoms with E-state index in [0.29, 0.717) is 57.2 Å². The Bertz CT molecular complexity index is 1100. The third kappa shape index (κ3) is 6.05. The molecule has 0 bridgehead atoms. The Morgan fingerprint density at radius 3 is 2.74 bits per heavy atom. The molecule has 2 aliphatic carbocycles. The quantitative estimate of drug-likeness (QED) is 0.432. The van der Waals surface area contributed by atoms with Gasteiger partial charge in [-0.2, -0.15) is 5.26 Å². The van der Waals surface area contributed by atoms with Gasteiger partial charge >= 0.3 is 0 Å². The molecule has 2 saturated carbocycles. The van der Waals surface area contributed by atoms with E-state index in [1.165, 1.54) is 12.5 Å². The first-order chi connectivity index (χ1) is 20.7. The Morgan fingerprint density at radius 1 is 1.16 bits per heavy atom. The minimum Gasteiger partial charge on any atom is -0.361 e. The number of nitrogens with one attached hydrogen (secondary N) is 2. The lowest BCUT2D eigenvalue weighted by atomic mass is 9.69. The lowest BCUT2D eigenvalue weighted by Gasteiger charge is -2.58. The normalized spacial score (nSPS) is 42.8. The van der Waals surface area contributed by atoms with E-state index >= 15 is 0 Å². The highest BCUT2D eigenvalue weighted by Gasteiger charge is 2.59. The molecule has 4 aliphatic heterocycles. The maximum Gasteiger partial charge on any atom is 0.246 e. The predicted octanol–water partition coefficient (Wildman–Crippen LogP) is 1.12. The van der Waals surface area contributed by atoms with E-state index in [0.717, 1.165) is 38.6 Å². The Kier molecular flexibility index (Phi) is 9.28. The summed E-state index contributed by atoms with van der Waals surface area (Å²) in [5.74, 6) is 0.722. The molecule has 6 rings (SSSR count). The molecule has 43 heavy (non-hydrogen) atoms. The van der Waals surface area contributed by atoms with Crippen LogP contribution in [-0.4, -0.2) is 133 Å². The average Bonchev–Trinajstić information content (AvgIpc) is 3.42. The van der Waals surface area contributed by atoms with Gasteiger partial charge in [0.15, 0.2) is 12.1 Å². The van der Waals surface area contributed by atoms with E-state index in [-0.39, 0.29) is 42.3 Å². The Morgan fingerprint density at radius 2 is 2.00 bits per heavy atom. The summed E-state index contributed by atoms with van der Waals surface area (Å²) in [6, 6.07) is 2.39. The van der Waals surface area contributed by atoms with Crippen molar-refractivity contribution in [3.63, 3.8) is 0 Å². The number of hydrogen-bond donors (Lipinski definition) is 2. The minimum absolute atomic E-state index is 0.0227. The Labute approximate surface area is 256 Å². The van der Waals surface area contributed by atoms with Gasteiger partial charge in [-0.15, -0.1) is 0 Å². The SMILES string of the molecule is C=CC(=O)N1CCN(C2NC(OCC3CCCN3C)NC3C(=O)[C@@]4(CCC32)CN(C)C2CC(C)CCC2O4)CC1CC#N. The highest BCUT2D eigenvalue weighted by molar-refractivity contribution is 5.94. The van der Waals surface area contributed by atoms with E-state index in [1.54, 1.807) is 4.90 Å². The van der Waals surface area contributed by atoms with Gasteiger partial charge in [0.1, 0.15) is 5.60 Å². The fraction of sp³-hybridized carbons (Fsp3) is 0.844. The molecular formula is C32H51N7O4. The summed E-state index contributed by atoms with van der Waals surface area (Å²) in [7, 11) is 4.31. The Hall–Kier alpha value is -1.91. The van der Waals surface area contributed by atoms with Crippen molar-refractivity contribution in [2.45, 2.75) is 107 Å². The van der Waals surface area contributed by atoms with Crippen molar-refractivity contribution in [2.24, 2.45) is 11.8 Å². The van der Waals surface area contributed by atoms with E-state index in [1.807, 2.05) is 0 Å². The standard InChI is InChI=1S/C32H51N7O4/c1-5-27(40)39-16-15-38(18-22(39)11-13-33)30-24-10-12-32(20-37(4)25-17-21(2)8-9-26(25)43-32)29(41)28(24)34-31(35-30)42-19-23-7-6-14-36(23)3/h5,21-26,28,30-31,34-35H,1,6-12,14-20H2,2-4H3/t21?,22?,23?,24?,25?,26?,28?,30?,31?,32-/m1/s1. The van der Waals surface area contributed by atoms with Crippen LogP contribution in [0, 0.1) is 23.2 Å². The number of nitrogens with zero attached hydrogens (tertiary/aromatic N) is 5. The first kappa shape index (κ1) is 31.1. The molecule has 0 radical (unpaired) electrons. The van der Waals surface area contributed by atoms with Crippen LogP contribution in [0.25, 0.3) is 0 Å². The number of nitriles is 1. The molecule has 6 aliphatic rings. The van der Waals surface area contributed by atoms with E-state index in [9.17, 15) is 14.9 Å². The van der Waals surface area contributed by atoms with Crippen molar-refractivity contribution in [1.29, 1.82) is 5.26 Å². The molecule has 1 amide bonds. The topological polar surface area (TPSA) is 113 Å². The smallest absolute Gasteiger partial charge is 0.246 e. The molecule has 4 heterocycles. The highest BCUT2D eigenvalue weighted by Crippen LogP contribution is 2.44. The molecule has 1 spiro atoms. The van der Waals surface area contributed by atoms with Gasteiger partial charge in [0.2, 0.25) is 5.91 Å². The van der Waals surface area contributed by atoms with Crippen LogP contribution in [0.15, 0.2) is 12.7 Å². The number of Topliss-reactive ketones (excluding diaryl/α,β-unsaturated/α-hetero) is 1. The van der Waals surface area contributed by atoms with Crippen LogP contribution in [0.2, 0.25) is 0 Å². The number of amides is 1. The van der Waals surface area contributed by atoms with E-state index < -0.39 is 18.0 Å². The van der Waals surface area contributed by atoms with E-state index in [2.05, 4.69) is 59.0 Å². The molecular weight excluding hydrogens is 546 g/mol. The molecule has 0 aromatic rings. The number of piperazine rings is 1. The second-order valence-electron chi connectivity index (χ2n) is 14.1. The zero-order valence-corrected chi connectivity index (χ0v) is 26.2. The number of morpholine rings is 1. The van der Waals surface area contributed by atoms with Gasteiger partial charge < -0.3 is 19.3 Å². The van der Waals surface area contributed by atoms with Crippen LogP contribution in [0.5, 0.6) is 0 Å². The fourth-order valence-electron chi connectivity index (χ4n) is 8.93. The zero-order chi connectivity index (χ0) is 30.3. The van der Waals surface area contributed by atoms with Crippen molar-refractivity contribution in [3.05, 3.63) is 12.7 Å². The minimum atomic E-state index is -0.804. The monoisotopic (exact) mass is 597 g/mol. The number of rotatable bonds is 6. The predicted molar refractivity (Wildman–Crippen MR) is 162 cm³/mol. The second kappa shape index (κ2) is 12.8. The summed E-state index contributed by atoms with van der Waals surface area (Å²) in [4.78, 5) is 36.0. The number of ether oxygens (including phenoxy) is 2. The highest BCUT2D eigenvalue weighted by atomic mass is 16.5. The number of hydrogen-bond acceptors (Lipinski definition) is 10. The molecule has 2 N–H and O–H groups in total. The summed E-state index contributed by atoms with van der Waals surface area (Å²) in [6.45, 7) is 10.0. The molecule has 6 fully saturated rings. The second-order valence-corrected chi connectivity index (χ2v) is 14.1. The third-order valence-electron chi connectivity index (χ3n) is 11.4. The van der Waals surface area contributed by atoms with Crippen LogP contribution >= 0.6 is 0 Å². The fourth-order valence-corrected chi connectivity index (χ4v) is 8.93. The summed E-state index contributed by atoms with van der Waals surface area (Å²) in [6.07, 6.45) is 8.18. The van der Waals surface area contributed by atoms with Crippen molar-refractivity contribution in [1.82, 2.24) is 30.2 Å². The van der Waals surface area contributed by atoms with Crippen molar-refractivity contribution < 1.29 is 19.1 Å². The first-order valence-electron chi connectivity index (χ1n) is 16.5. The number of likely N-dealkylation sites (tertiary alicyclic amines) is 1. The number of fused-ring (bicyclic) bond motifs is 2. The summed E-state index contributed by atoms with van der Waals surface area (Å²) >= 11 is 0. The van der Waals surface area contributed by atoms with Gasteiger partial charge in [-0.3, -0.25) is 30.0 Å². The first-order valence-corrected chi connectivity index (χ1v) is 16.5. The van der Waals surface area contributed by atoms with Gasteiger partial charge in [-0.25, -0.2) is 0 Å². The van der Waals surface area contributed by atoms with Gasteiger partial charge in [-0.05, 0) is 77.6 Å². The van der Waals surface area contributed by atoms with Gasteiger partial charge in [0.05, 0.1) is 43.5 Å². The summed E-state index contributed by atoms with van der Waals surface area (Å²) in [5, 5.41) is 16.9. The maximum absolute atomic E-state index is 14.6. The van der Waals surface area contributed by atoms with Crippen LogP contribution in [0.3, 0.4) is 0 Å². The lowest BCUT2D eigenvalue weighted by molar-refractivity contribution is -0.212. The molecule has 11 heteroatoms. The Balaban J connectivity index is 1.23. The molecule has 4 saturated heterocycles. The summed E-state index contributed by atoms with van der Waals surface area (Å²) < 4.78 is 13.3. The number of likely N-dealkylation sites (N-methyl/N-ethyl adjacent to an activating group) is 2. The van der Waals surface area contributed by atoms with Crippen LogP contribution in [0.1, 0.15) is 58.3 Å². The number of ketones is 1. The van der Waals surface area contributed by atoms with Gasteiger partial charge in [0, 0.05) is 44.2 Å². The molecule has 11 nitrogen and oxygen atoms in total. The van der Waals surface area contributed by atoms with Crippen LogP contribution in [0.4, 0.5) is 0 Å². The molecule has 0 aromatic carbocycles. The number of carbonyl (C=O) groups is 2. The van der Waals surface area contributed by atoms with Gasteiger partial charge in [0.25, 0.3) is 0 Å². The van der Waals surface area contributed by atoms with Gasteiger partial charge in [-0.1, -0.05) is 13.5 Å². The third-order valence-corrected chi connectivity index (χ3v) is 11.4. The molecule has 238 valence electrons. The van der Waals surface area contributed by atoms with Crippen LogP contribution < -0.4 is 10.6 Å². The van der Waals surface area contributed by atoms with E-state index in [4.69, 9.17) is 9.47 Å². The molecule has 10 atom stereocenters. The molecule has 9 unspecified atom stereocenters. The van der Waals surface area contributed by atoms with Crippen molar-refractivity contribution in [2.75, 3.05) is 53.4 Å². The lowest BCUT2D eigenvalue weighted by Crippen LogP contribution is -2.77. The van der Waals surface area contributed by atoms with Crippen molar-refractivity contribution >= 4 is 11.7 Å². The van der Waals surface area contributed by atoms with Crippen molar-refractivity contribution in [3.8, 4) is 6.07 Å². The molecule has 0 aromatic heterocycles. The maximum atomic E-state index is 14.6. The zero-order valence-electron chi connectivity index (χ0n) is 26.2. The summed E-state index contributed by atoms with van der Waals surface area (Å²) in [5.41, 5.74) is -0.804. The van der Waals surface area contributed by atoms with Crippen LogP contribution in [-0.2, 0) is 19.1 Å².